The van der Waals surface area contributed by atoms with Gasteiger partial charge < -0.3 is 31.9 Å². The van der Waals surface area contributed by atoms with Crippen molar-refractivity contribution < 1.29 is 22.1 Å². The number of furan rings is 5. The van der Waals surface area contributed by atoms with Crippen molar-refractivity contribution in [2.45, 2.75) is 52.4 Å². The van der Waals surface area contributed by atoms with Gasteiger partial charge in [0.25, 0.3) is 0 Å². The first-order chi connectivity index (χ1) is 36.4. The molecule has 362 valence electrons. The summed E-state index contributed by atoms with van der Waals surface area (Å²) in [5.41, 5.74) is 15.6. The molecule has 0 radical (unpaired) electrons. The number of benzene rings is 10. The van der Waals surface area contributed by atoms with E-state index in [0.717, 1.165) is 133 Å². The van der Waals surface area contributed by atoms with Crippen molar-refractivity contribution in [3.63, 3.8) is 0 Å². The zero-order chi connectivity index (χ0) is 50.5. The molecule has 15 rings (SSSR count). The highest BCUT2D eigenvalue weighted by molar-refractivity contribution is 6.35. The fourth-order valence-electron chi connectivity index (χ4n) is 11.6. The first kappa shape index (κ1) is 43.4. The number of hydrogen-bond donors (Lipinski definition) is 0. The lowest BCUT2D eigenvalue weighted by atomic mass is 9.87. The van der Waals surface area contributed by atoms with Crippen LogP contribution >= 0.6 is 0 Å². The Balaban J connectivity index is 1.04. The van der Waals surface area contributed by atoms with Gasteiger partial charge in [0.05, 0.1) is 27.8 Å². The van der Waals surface area contributed by atoms with Crippen molar-refractivity contribution in [2.24, 2.45) is 0 Å². The topological polar surface area (TPSA) is 72.2 Å². The Hall–Kier alpha value is -9.20. The molecule has 0 atom stereocenters. The molecular formula is C68H50N2O5. The van der Waals surface area contributed by atoms with Crippen LogP contribution in [-0.4, -0.2) is 0 Å². The van der Waals surface area contributed by atoms with Crippen LogP contribution in [0.25, 0.3) is 110 Å². The van der Waals surface area contributed by atoms with E-state index in [1.807, 2.05) is 42.5 Å². The van der Waals surface area contributed by atoms with Crippen LogP contribution in [0.4, 0.5) is 34.1 Å². The van der Waals surface area contributed by atoms with Crippen LogP contribution < -0.4 is 9.80 Å². The Bertz CT molecular complexity index is 4800. The molecule has 10 aromatic carbocycles. The Kier molecular flexibility index (Phi) is 9.06. The van der Waals surface area contributed by atoms with Crippen molar-refractivity contribution in [3.05, 3.63) is 205 Å². The normalized spacial score (nSPS) is 12.7. The molecule has 75 heavy (non-hydrogen) atoms. The molecule has 0 spiro atoms. The molecule has 0 amide bonds. The summed E-state index contributed by atoms with van der Waals surface area (Å²) in [6.07, 6.45) is 0. The fraction of sp³-hybridized carbons (Fsp3) is 0.118. The lowest BCUT2D eigenvalue weighted by molar-refractivity contribution is 0.590. The van der Waals surface area contributed by atoms with Crippen molar-refractivity contribution in [1.82, 2.24) is 0 Å². The van der Waals surface area contributed by atoms with E-state index in [1.165, 1.54) is 11.1 Å². The Morgan fingerprint density at radius 2 is 0.640 bits per heavy atom. The van der Waals surface area contributed by atoms with Crippen molar-refractivity contribution >= 4 is 144 Å². The Morgan fingerprint density at radius 3 is 1.15 bits per heavy atom. The summed E-state index contributed by atoms with van der Waals surface area (Å²) in [5.74, 6) is 0. The third-order valence-corrected chi connectivity index (χ3v) is 15.4. The number of fused-ring (bicyclic) bond motifs is 17. The highest BCUT2D eigenvalue weighted by Crippen LogP contribution is 2.53. The third kappa shape index (κ3) is 6.60. The lowest BCUT2D eigenvalue weighted by Crippen LogP contribution is -2.13. The Labute approximate surface area is 431 Å². The van der Waals surface area contributed by atoms with Gasteiger partial charge in [-0.25, -0.2) is 0 Å². The maximum Gasteiger partial charge on any atom is 0.160 e. The molecular weight excluding hydrogens is 925 g/mol. The molecule has 0 aliphatic carbocycles. The molecule has 0 saturated heterocycles. The number of nitrogens with zero attached hydrogens (tertiary/aromatic N) is 2. The van der Waals surface area contributed by atoms with E-state index in [4.69, 9.17) is 22.1 Å². The predicted octanol–water partition coefficient (Wildman–Crippen LogP) is 20.7. The monoisotopic (exact) mass is 974 g/mol. The zero-order valence-electron chi connectivity index (χ0n) is 42.4. The molecule has 0 aliphatic heterocycles. The van der Waals surface area contributed by atoms with E-state index in [9.17, 15) is 0 Å². The average molecular weight is 975 g/mol. The summed E-state index contributed by atoms with van der Waals surface area (Å²) in [6, 6.07) is 68.2. The Morgan fingerprint density at radius 1 is 0.267 bits per heavy atom. The van der Waals surface area contributed by atoms with Crippen LogP contribution in [0.3, 0.4) is 0 Å². The van der Waals surface area contributed by atoms with Crippen molar-refractivity contribution in [1.29, 1.82) is 0 Å². The molecule has 0 fully saturated rings. The quantitative estimate of drug-likeness (QED) is 0.164. The molecule has 0 saturated carbocycles. The van der Waals surface area contributed by atoms with E-state index in [0.29, 0.717) is 11.2 Å². The molecule has 0 unspecified atom stereocenters. The molecule has 0 aliphatic rings. The molecule has 0 bridgehead atoms. The van der Waals surface area contributed by atoms with Gasteiger partial charge in [-0.15, -0.1) is 0 Å². The summed E-state index contributed by atoms with van der Waals surface area (Å²) < 4.78 is 34.8. The van der Waals surface area contributed by atoms with Gasteiger partial charge >= 0.3 is 0 Å². The number of anilines is 6. The van der Waals surface area contributed by atoms with Gasteiger partial charge in [-0.1, -0.05) is 139 Å². The summed E-state index contributed by atoms with van der Waals surface area (Å²) in [4.78, 5) is 4.59. The largest absolute Gasteiger partial charge is 0.456 e. The smallest absolute Gasteiger partial charge is 0.160 e. The average Bonchev–Trinajstić information content (AvgIpc) is 4.26. The standard InChI is InChI=1S/C68H50N2O5/c1-67(2,3)39-23-27-41(28-24-39)69(43-31-33-47-45-15-7-11-19-53(45)71-57(47)35-43)51-37-60-64(66-61(51)49-17-9-13-21-55(49)75-66)63-59(73-60)38-52(65-62(63)50-18-10-14-22-56(50)74-65)70(42-29-25-40(26-30-42)68(4,5)6)44-32-34-48-46-16-8-12-20-54(46)72-58(48)36-44/h7-38H,1-6H3. The first-order valence-corrected chi connectivity index (χ1v) is 25.7. The van der Waals surface area contributed by atoms with Crippen LogP contribution in [-0.2, 0) is 10.8 Å². The van der Waals surface area contributed by atoms with Crippen LogP contribution in [0.5, 0.6) is 0 Å². The number of para-hydroxylation sites is 4. The minimum atomic E-state index is -0.0395. The van der Waals surface area contributed by atoms with Gasteiger partial charge in [0.15, 0.2) is 5.58 Å². The summed E-state index contributed by atoms with van der Waals surface area (Å²) in [5, 5.41) is 9.96. The van der Waals surface area contributed by atoms with Gasteiger partial charge in [0.1, 0.15) is 50.2 Å². The predicted molar refractivity (Wildman–Crippen MR) is 310 cm³/mol. The third-order valence-electron chi connectivity index (χ3n) is 15.4. The first-order valence-electron chi connectivity index (χ1n) is 25.7. The van der Waals surface area contributed by atoms with Gasteiger partial charge in [-0.3, -0.25) is 0 Å². The maximum absolute atomic E-state index is 7.36. The molecule has 7 heteroatoms. The second kappa shape index (κ2) is 15.7. The van der Waals surface area contributed by atoms with Crippen molar-refractivity contribution in [3.8, 4) is 0 Å². The van der Waals surface area contributed by atoms with E-state index >= 15 is 0 Å². The van der Waals surface area contributed by atoms with E-state index in [-0.39, 0.29) is 10.8 Å². The highest BCUT2D eigenvalue weighted by atomic mass is 16.4. The SMILES string of the molecule is CC(C)(C)c1ccc(N(c2ccc3c(c2)oc2ccccc23)c2cc3oc4cc(N(c5ccc(C(C)(C)C)cc5)c5ccc6c(c5)oc5ccccc56)c5c6ccccc6oc5c4c3c3c2oc2ccccc23)cc1. The lowest BCUT2D eigenvalue weighted by Gasteiger charge is -2.27. The van der Waals surface area contributed by atoms with Crippen LogP contribution in [0.15, 0.2) is 216 Å². The van der Waals surface area contributed by atoms with Gasteiger partial charge in [-0.2, -0.15) is 0 Å². The van der Waals surface area contributed by atoms with Gasteiger partial charge in [0, 0.05) is 84.4 Å². The number of rotatable bonds is 6. The summed E-state index contributed by atoms with van der Waals surface area (Å²) in [6.45, 7) is 13.5. The molecule has 15 aromatic rings. The van der Waals surface area contributed by atoms with Crippen LogP contribution in [0.1, 0.15) is 52.7 Å². The molecule has 5 heterocycles. The fourth-order valence-corrected chi connectivity index (χ4v) is 11.6. The summed E-state index contributed by atoms with van der Waals surface area (Å²) in [7, 11) is 0. The minimum Gasteiger partial charge on any atom is -0.456 e. The number of hydrogen-bond acceptors (Lipinski definition) is 7. The minimum absolute atomic E-state index is 0.0369. The van der Waals surface area contributed by atoms with E-state index in [2.05, 4.69) is 203 Å². The second-order valence-electron chi connectivity index (χ2n) is 22.1. The van der Waals surface area contributed by atoms with E-state index in [1.54, 1.807) is 0 Å². The summed E-state index contributed by atoms with van der Waals surface area (Å²) >= 11 is 0. The zero-order valence-corrected chi connectivity index (χ0v) is 42.4. The van der Waals surface area contributed by atoms with Crippen LogP contribution in [0, 0.1) is 0 Å². The van der Waals surface area contributed by atoms with Gasteiger partial charge in [0.2, 0.25) is 0 Å². The molecule has 7 nitrogen and oxygen atoms in total. The maximum atomic E-state index is 7.36. The molecule has 0 N–H and O–H groups in total. The van der Waals surface area contributed by atoms with E-state index < -0.39 is 0 Å². The molecule has 5 aromatic heterocycles. The van der Waals surface area contributed by atoms with Gasteiger partial charge in [-0.05, 0) is 94.8 Å². The highest BCUT2D eigenvalue weighted by Gasteiger charge is 2.30. The second-order valence-corrected chi connectivity index (χ2v) is 22.1. The van der Waals surface area contributed by atoms with Crippen LogP contribution in [0.2, 0.25) is 0 Å². The van der Waals surface area contributed by atoms with Crippen molar-refractivity contribution in [2.75, 3.05) is 9.80 Å².